The number of nitrogens with one attached hydrogen (secondary N) is 1. The lowest BCUT2D eigenvalue weighted by atomic mass is 10.1. The van der Waals surface area contributed by atoms with Gasteiger partial charge in [0.2, 0.25) is 0 Å². The van der Waals surface area contributed by atoms with Crippen molar-refractivity contribution < 1.29 is 0 Å². The van der Waals surface area contributed by atoms with Crippen LogP contribution in [0.2, 0.25) is 0 Å². The smallest absolute Gasteiger partial charge is 0.109 e. The molecule has 0 radical (unpaired) electrons. The van der Waals surface area contributed by atoms with Gasteiger partial charge in [-0.2, -0.15) is 0 Å². The zero-order chi connectivity index (χ0) is 11.4. The molecular weight excluding hydrogens is 218 g/mol. The molecule has 0 saturated carbocycles. The minimum Gasteiger partial charge on any atom is -0.302 e. The SMILES string of the molecule is CC(NC(C)c1nccs1)c1ccncc1. The van der Waals surface area contributed by atoms with E-state index in [1.165, 1.54) is 5.56 Å². The minimum atomic E-state index is 0.281. The predicted octanol–water partition coefficient (Wildman–Crippen LogP) is 2.95. The van der Waals surface area contributed by atoms with E-state index >= 15 is 0 Å². The van der Waals surface area contributed by atoms with Gasteiger partial charge < -0.3 is 5.32 Å². The summed E-state index contributed by atoms with van der Waals surface area (Å²) in [5.41, 5.74) is 1.25. The molecule has 0 saturated heterocycles. The fraction of sp³-hybridized carbons (Fsp3) is 0.333. The van der Waals surface area contributed by atoms with Crippen molar-refractivity contribution in [2.45, 2.75) is 25.9 Å². The maximum atomic E-state index is 4.31. The van der Waals surface area contributed by atoms with Crippen LogP contribution in [-0.4, -0.2) is 9.97 Å². The van der Waals surface area contributed by atoms with Gasteiger partial charge in [-0.25, -0.2) is 4.98 Å². The number of aromatic nitrogens is 2. The molecule has 0 aliphatic rings. The zero-order valence-corrected chi connectivity index (χ0v) is 10.2. The molecule has 1 N–H and O–H groups in total. The average Bonchev–Trinajstić information content (AvgIpc) is 2.83. The van der Waals surface area contributed by atoms with Crippen LogP contribution in [0.25, 0.3) is 0 Å². The van der Waals surface area contributed by atoms with E-state index in [4.69, 9.17) is 0 Å². The van der Waals surface area contributed by atoms with Gasteiger partial charge in [-0.1, -0.05) is 0 Å². The number of hydrogen-bond acceptors (Lipinski definition) is 4. The summed E-state index contributed by atoms with van der Waals surface area (Å²) in [4.78, 5) is 8.33. The van der Waals surface area contributed by atoms with Crippen molar-refractivity contribution in [2.24, 2.45) is 0 Å². The van der Waals surface area contributed by atoms with E-state index in [0.29, 0.717) is 6.04 Å². The number of nitrogens with zero attached hydrogens (tertiary/aromatic N) is 2. The van der Waals surface area contributed by atoms with Crippen molar-refractivity contribution in [1.82, 2.24) is 15.3 Å². The first-order valence-electron chi connectivity index (χ1n) is 5.32. The van der Waals surface area contributed by atoms with E-state index in [1.807, 2.05) is 36.1 Å². The highest BCUT2D eigenvalue weighted by atomic mass is 32.1. The van der Waals surface area contributed by atoms with E-state index in [9.17, 15) is 0 Å². The maximum absolute atomic E-state index is 4.31. The van der Waals surface area contributed by atoms with Crippen LogP contribution >= 0.6 is 11.3 Å². The minimum absolute atomic E-state index is 0.281. The summed E-state index contributed by atoms with van der Waals surface area (Å²) in [6.45, 7) is 4.29. The highest BCUT2D eigenvalue weighted by molar-refractivity contribution is 7.09. The van der Waals surface area contributed by atoms with E-state index < -0.39 is 0 Å². The van der Waals surface area contributed by atoms with E-state index in [1.54, 1.807) is 11.3 Å². The summed E-state index contributed by atoms with van der Waals surface area (Å²) in [6, 6.07) is 4.66. The van der Waals surface area contributed by atoms with Crippen LogP contribution < -0.4 is 5.32 Å². The van der Waals surface area contributed by atoms with Crippen LogP contribution in [0.1, 0.15) is 36.5 Å². The molecule has 2 aromatic rings. The molecular formula is C12H15N3S. The van der Waals surface area contributed by atoms with Crippen molar-refractivity contribution in [1.29, 1.82) is 0 Å². The molecule has 3 nitrogen and oxygen atoms in total. The summed E-state index contributed by atoms with van der Waals surface area (Å²) in [5.74, 6) is 0. The molecule has 0 aromatic carbocycles. The first kappa shape index (κ1) is 11.2. The average molecular weight is 233 g/mol. The second kappa shape index (κ2) is 5.18. The second-order valence-corrected chi connectivity index (χ2v) is 4.69. The quantitative estimate of drug-likeness (QED) is 0.882. The molecule has 84 valence electrons. The topological polar surface area (TPSA) is 37.8 Å². The molecule has 2 unspecified atom stereocenters. The van der Waals surface area contributed by atoms with E-state index in [-0.39, 0.29) is 6.04 Å². The van der Waals surface area contributed by atoms with Crippen LogP contribution in [0.4, 0.5) is 0 Å². The first-order chi connectivity index (χ1) is 7.77. The Kier molecular flexibility index (Phi) is 3.64. The standard InChI is InChI=1S/C12H15N3S/c1-9(11-3-5-13-6-4-11)15-10(2)12-14-7-8-16-12/h3-10,15H,1-2H3. The van der Waals surface area contributed by atoms with Crippen molar-refractivity contribution in [3.8, 4) is 0 Å². The van der Waals surface area contributed by atoms with Crippen molar-refractivity contribution >= 4 is 11.3 Å². The van der Waals surface area contributed by atoms with Gasteiger partial charge in [-0.05, 0) is 31.5 Å². The van der Waals surface area contributed by atoms with Gasteiger partial charge in [0.25, 0.3) is 0 Å². The van der Waals surface area contributed by atoms with Crippen LogP contribution in [0.15, 0.2) is 36.1 Å². The lowest BCUT2D eigenvalue weighted by Crippen LogP contribution is -2.22. The third-order valence-corrected chi connectivity index (χ3v) is 3.49. The van der Waals surface area contributed by atoms with Crippen molar-refractivity contribution in [2.75, 3.05) is 0 Å². The maximum Gasteiger partial charge on any atom is 0.109 e. The van der Waals surface area contributed by atoms with Gasteiger partial charge in [0.1, 0.15) is 5.01 Å². The first-order valence-corrected chi connectivity index (χ1v) is 6.20. The highest BCUT2D eigenvalue weighted by Crippen LogP contribution is 2.20. The Morgan fingerprint density at radius 1 is 1.12 bits per heavy atom. The number of thiazole rings is 1. The number of rotatable bonds is 4. The molecule has 0 spiro atoms. The zero-order valence-electron chi connectivity index (χ0n) is 9.42. The third kappa shape index (κ3) is 2.65. The van der Waals surface area contributed by atoms with Gasteiger partial charge >= 0.3 is 0 Å². The molecule has 2 rings (SSSR count). The third-order valence-electron chi connectivity index (χ3n) is 2.53. The molecule has 16 heavy (non-hydrogen) atoms. The molecule has 0 aliphatic carbocycles. The largest absolute Gasteiger partial charge is 0.302 e. The molecule has 2 heterocycles. The number of pyridine rings is 1. The molecule has 0 amide bonds. The summed E-state index contributed by atoms with van der Waals surface area (Å²) in [5, 5.41) is 6.65. The van der Waals surface area contributed by atoms with Gasteiger partial charge in [0.15, 0.2) is 0 Å². The van der Waals surface area contributed by atoms with Gasteiger partial charge in [-0.3, -0.25) is 4.98 Å². The molecule has 4 heteroatoms. The fourth-order valence-electron chi connectivity index (χ4n) is 1.64. The monoisotopic (exact) mass is 233 g/mol. The van der Waals surface area contributed by atoms with Crippen LogP contribution in [-0.2, 0) is 0 Å². The molecule has 0 bridgehead atoms. The summed E-state index contributed by atoms with van der Waals surface area (Å²) in [6.07, 6.45) is 5.48. The molecule has 2 aromatic heterocycles. The molecule has 0 fully saturated rings. The van der Waals surface area contributed by atoms with E-state index in [0.717, 1.165) is 5.01 Å². The lowest BCUT2D eigenvalue weighted by Gasteiger charge is -2.18. The molecule has 2 atom stereocenters. The Bertz CT molecular complexity index is 413. The summed E-state index contributed by atoms with van der Waals surface area (Å²) < 4.78 is 0. The summed E-state index contributed by atoms with van der Waals surface area (Å²) >= 11 is 1.68. The Balaban J connectivity index is 2.00. The normalized spacial score (nSPS) is 14.6. The second-order valence-electron chi connectivity index (χ2n) is 3.76. The van der Waals surface area contributed by atoms with Crippen LogP contribution in [0.5, 0.6) is 0 Å². The molecule has 0 aliphatic heterocycles. The number of hydrogen-bond donors (Lipinski definition) is 1. The van der Waals surface area contributed by atoms with Crippen LogP contribution in [0, 0.1) is 0 Å². The Hall–Kier alpha value is -1.26. The Labute approximate surface area is 99.6 Å². The lowest BCUT2D eigenvalue weighted by molar-refractivity contribution is 0.493. The van der Waals surface area contributed by atoms with Gasteiger partial charge in [0, 0.05) is 30.0 Å². The Morgan fingerprint density at radius 3 is 2.50 bits per heavy atom. The highest BCUT2D eigenvalue weighted by Gasteiger charge is 2.12. The van der Waals surface area contributed by atoms with Gasteiger partial charge in [0.05, 0.1) is 6.04 Å². The fourth-order valence-corrected chi connectivity index (χ4v) is 2.30. The van der Waals surface area contributed by atoms with Crippen molar-refractivity contribution in [3.05, 3.63) is 46.7 Å². The van der Waals surface area contributed by atoms with Crippen molar-refractivity contribution in [3.63, 3.8) is 0 Å². The van der Waals surface area contributed by atoms with Gasteiger partial charge in [-0.15, -0.1) is 11.3 Å². The van der Waals surface area contributed by atoms with E-state index in [2.05, 4.69) is 29.1 Å². The van der Waals surface area contributed by atoms with Crippen LogP contribution in [0.3, 0.4) is 0 Å². The summed E-state index contributed by atoms with van der Waals surface area (Å²) in [7, 11) is 0. The Morgan fingerprint density at radius 2 is 1.88 bits per heavy atom. The predicted molar refractivity (Wildman–Crippen MR) is 66.3 cm³/mol.